The number of rotatable bonds is 5. The molecule has 0 unspecified atom stereocenters. The van der Waals surface area contributed by atoms with E-state index in [4.69, 9.17) is 0 Å². The molecule has 0 aromatic heterocycles. The Bertz CT molecular complexity index is 271. The van der Waals surface area contributed by atoms with Crippen molar-refractivity contribution in [3.63, 3.8) is 0 Å². The first-order chi connectivity index (χ1) is 7.08. The molecule has 0 aromatic rings. The molecule has 5 heteroatoms. The van der Waals surface area contributed by atoms with Gasteiger partial charge in [0.15, 0.2) is 0 Å². The van der Waals surface area contributed by atoms with E-state index in [1.54, 1.807) is 18.4 Å². The molecule has 1 fully saturated rings. The molecule has 15 heavy (non-hydrogen) atoms. The minimum Gasteiger partial charge on any atom is -0.319 e. The van der Waals surface area contributed by atoms with Crippen molar-refractivity contribution >= 4 is 10.0 Å². The van der Waals surface area contributed by atoms with Crippen LogP contribution in [0.2, 0.25) is 0 Å². The van der Waals surface area contributed by atoms with Crippen LogP contribution in [-0.2, 0) is 10.0 Å². The lowest BCUT2D eigenvalue weighted by atomic mass is 9.96. The Kier molecular flexibility index (Phi) is 5.02. The molecule has 0 atom stereocenters. The van der Waals surface area contributed by atoms with Crippen LogP contribution in [0, 0.1) is 0 Å². The van der Waals surface area contributed by atoms with Crippen LogP contribution in [0.1, 0.15) is 32.1 Å². The molecular weight excluding hydrogens is 212 g/mol. The molecule has 0 spiro atoms. The minimum absolute atomic E-state index is 0.205. The van der Waals surface area contributed by atoms with E-state index in [1.807, 2.05) is 0 Å². The summed E-state index contributed by atoms with van der Waals surface area (Å²) in [5.41, 5.74) is 0. The summed E-state index contributed by atoms with van der Waals surface area (Å²) in [5.74, 6) is 0.205. The van der Waals surface area contributed by atoms with Gasteiger partial charge in [0.05, 0.1) is 5.75 Å². The Hall–Kier alpha value is -0.130. The van der Waals surface area contributed by atoms with E-state index in [0.29, 0.717) is 6.54 Å². The molecule has 0 saturated heterocycles. The van der Waals surface area contributed by atoms with Gasteiger partial charge in [0.25, 0.3) is 0 Å². The molecule has 0 amide bonds. The Morgan fingerprint density at radius 1 is 1.27 bits per heavy atom. The quantitative estimate of drug-likeness (QED) is 0.765. The van der Waals surface area contributed by atoms with Gasteiger partial charge in [0.2, 0.25) is 10.0 Å². The summed E-state index contributed by atoms with van der Waals surface area (Å²) < 4.78 is 25.3. The third-order valence-corrected chi connectivity index (χ3v) is 5.03. The fourth-order valence-electron chi connectivity index (χ4n) is 2.05. The number of sulfonamides is 1. The zero-order valence-electron chi connectivity index (χ0n) is 9.70. The molecule has 0 aliphatic heterocycles. The second kappa shape index (κ2) is 5.82. The summed E-state index contributed by atoms with van der Waals surface area (Å²) in [6.07, 6.45) is 5.62. The molecular formula is C10H22N2O2S. The molecule has 0 radical (unpaired) electrons. The highest BCUT2D eigenvalue weighted by molar-refractivity contribution is 7.89. The van der Waals surface area contributed by atoms with Crippen molar-refractivity contribution in [1.82, 2.24) is 9.62 Å². The maximum absolute atomic E-state index is 11.9. The lowest BCUT2D eigenvalue weighted by Gasteiger charge is -2.30. The van der Waals surface area contributed by atoms with E-state index in [9.17, 15) is 8.42 Å². The number of hydrogen-bond acceptors (Lipinski definition) is 3. The molecule has 0 bridgehead atoms. The molecule has 1 rings (SSSR count). The van der Waals surface area contributed by atoms with Crippen molar-refractivity contribution in [3.8, 4) is 0 Å². The topological polar surface area (TPSA) is 49.4 Å². The van der Waals surface area contributed by atoms with Crippen molar-refractivity contribution in [2.45, 2.75) is 38.1 Å². The van der Waals surface area contributed by atoms with Gasteiger partial charge in [-0.1, -0.05) is 19.3 Å². The Balaban J connectivity index is 2.53. The van der Waals surface area contributed by atoms with Gasteiger partial charge in [0, 0.05) is 19.6 Å². The van der Waals surface area contributed by atoms with Gasteiger partial charge >= 0.3 is 0 Å². The van der Waals surface area contributed by atoms with Crippen molar-refractivity contribution < 1.29 is 8.42 Å². The van der Waals surface area contributed by atoms with Crippen molar-refractivity contribution in [1.29, 1.82) is 0 Å². The van der Waals surface area contributed by atoms with Crippen LogP contribution in [-0.4, -0.2) is 45.2 Å². The van der Waals surface area contributed by atoms with Crippen LogP contribution < -0.4 is 5.32 Å². The Morgan fingerprint density at radius 2 is 1.87 bits per heavy atom. The second-order valence-electron chi connectivity index (χ2n) is 4.23. The van der Waals surface area contributed by atoms with E-state index in [0.717, 1.165) is 25.7 Å². The highest BCUT2D eigenvalue weighted by Crippen LogP contribution is 2.23. The van der Waals surface area contributed by atoms with Gasteiger partial charge < -0.3 is 5.32 Å². The Morgan fingerprint density at radius 3 is 2.40 bits per heavy atom. The third kappa shape index (κ3) is 3.74. The predicted molar refractivity (Wildman–Crippen MR) is 62.3 cm³/mol. The zero-order valence-corrected chi connectivity index (χ0v) is 10.5. The average molecular weight is 234 g/mol. The number of nitrogens with zero attached hydrogens (tertiary/aromatic N) is 1. The van der Waals surface area contributed by atoms with Crippen LogP contribution >= 0.6 is 0 Å². The van der Waals surface area contributed by atoms with Gasteiger partial charge in [-0.25, -0.2) is 12.7 Å². The standard InChI is InChI=1S/C10H22N2O2S/c1-11-8-9-15(13,14)12(2)10-6-4-3-5-7-10/h10-11H,3-9H2,1-2H3. The highest BCUT2D eigenvalue weighted by atomic mass is 32.2. The van der Waals surface area contributed by atoms with Crippen LogP contribution in [0.15, 0.2) is 0 Å². The van der Waals surface area contributed by atoms with Gasteiger partial charge in [-0.05, 0) is 19.9 Å². The summed E-state index contributed by atoms with van der Waals surface area (Å²) in [5, 5.41) is 2.88. The molecule has 0 heterocycles. The van der Waals surface area contributed by atoms with E-state index in [1.165, 1.54) is 6.42 Å². The molecule has 90 valence electrons. The molecule has 0 aromatic carbocycles. The van der Waals surface area contributed by atoms with Crippen LogP contribution in [0.4, 0.5) is 0 Å². The summed E-state index contributed by atoms with van der Waals surface area (Å²) in [6.45, 7) is 0.527. The van der Waals surface area contributed by atoms with Gasteiger partial charge in [-0.15, -0.1) is 0 Å². The van der Waals surface area contributed by atoms with Gasteiger partial charge in [0.1, 0.15) is 0 Å². The molecule has 1 aliphatic carbocycles. The summed E-state index contributed by atoms with van der Waals surface area (Å²) in [4.78, 5) is 0. The minimum atomic E-state index is -3.05. The van der Waals surface area contributed by atoms with Gasteiger partial charge in [-0.2, -0.15) is 0 Å². The van der Waals surface area contributed by atoms with E-state index in [2.05, 4.69) is 5.32 Å². The fourth-order valence-corrected chi connectivity index (χ4v) is 3.46. The second-order valence-corrected chi connectivity index (χ2v) is 6.38. The maximum Gasteiger partial charge on any atom is 0.215 e. The first-order valence-electron chi connectivity index (χ1n) is 5.68. The number of nitrogens with one attached hydrogen (secondary N) is 1. The van der Waals surface area contributed by atoms with Crippen molar-refractivity contribution in [3.05, 3.63) is 0 Å². The summed E-state index contributed by atoms with van der Waals surface area (Å²) in [7, 11) is 0.446. The molecule has 1 aliphatic rings. The first kappa shape index (κ1) is 12.9. The van der Waals surface area contributed by atoms with Crippen LogP contribution in [0.25, 0.3) is 0 Å². The molecule has 1 saturated carbocycles. The van der Waals surface area contributed by atoms with Gasteiger partial charge in [-0.3, -0.25) is 0 Å². The first-order valence-corrected chi connectivity index (χ1v) is 7.29. The lowest BCUT2D eigenvalue weighted by Crippen LogP contribution is -2.41. The average Bonchev–Trinajstić information content (AvgIpc) is 2.26. The van der Waals surface area contributed by atoms with E-state index in [-0.39, 0.29) is 11.8 Å². The number of hydrogen-bond donors (Lipinski definition) is 1. The maximum atomic E-state index is 11.9. The highest BCUT2D eigenvalue weighted by Gasteiger charge is 2.26. The van der Waals surface area contributed by atoms with Crippen molar-refractivity contribution in [2.75, 3.05) is 26.4 Å². The fraction of sp³-hybridized carbons (Fsp3) is 1.00. The third-order valence-electron chi connectivity index (χ3n) is 3.14. The smallest absolute Gasteiger partial charge is 0.215 e. The SMILES string of the molecule is CNCCS(=O)(=O)N(C)C1CCCCC1. The van der Waals surface area contributed by atoms with E-state index < -0.39 is 10.0 Å². The molecule has 1 N–H and O–H groups in total. The normalized spacial score (nSPS) is 19.7. The summed E-state index contributed by atoms with van der Waals surface area (Å²) >= 11 is 0. The van der Waals surface area contributed by atoms with E-state index >= 15 is 0 Å². The van der Waals surface area contributed by atoms with Crippen molar-refractivity contribution in [2.24, 2.45) is 0 Å². The zero-order chi connectivity index (χ0) is 11.3. The monoisotopic (exact) mass is 234 g/mol. The van der Waals surface area contributed by atoms with Crippen LogP contribution in [0.3, 0.4) is 0 Å². The Labute approximate surface area is 93.1 Å². The lowest BCUT2D eigenvalue weighted by molar-refractivity contribution is 0.286. The predicted octanol–water partition coefficient (Wildman–Crippen LogP) is 0.800. The molecule has 4 nitrogen and oxygen atoms in total. The van der Waals surface area contributed by atoms with Crippen LogP contribution in [0.5, 0.6) is 0 Å². The summed E-state index contributed by atoms with van der Waals surface area (Å²) in [6, 6.07) is 0.237. The largest absolute Gasteiger partial charge is 0.319 e.